The van der Waals surface area contributed by atoms with Crippen molar-refractivity contribution in [1.82, 2.24) is 4.98 Å². The molecule has 7 heteroatoms. The number of carbonyl (C=O) groups excluding carboxylic acids is 1. The highest BCUT2D eigenvalue weighted by Crippen LogP contribution is 2.44. The van der Waals surface area contributed by atoms with Crippen LogP contribution in [0.15, 0.2) is 71.3 Å². The van der Waals surface area contributed by atoms with Crippen LogP contribution < -0.4 is 5.32 Å². The average molecular weight is 467 g/mol. The lowest BCUT2D eigenvalue weighted by Gasteiger charge is -2.09. The second kappa shape index (κ2) is 9.18. The maximum atomic E-state index is 14.1. The number of carbonyl (C=O) groups is 1. The molecule has 1 aliphatic carbocycles. The van der Waals surface area contributed by atoms with Gasteiger partial charge in [-0.1, -0.05) is 29.8 Å². The molecule has 1 aromatic heterocycles. The van der Waals surface area contributed by atoms with Gasteiger partial charge in [0.05, 0.1) is 12.1 Å². The van der Waals surface area contributed by atoms with E-state index in [2.05, 4.69) is 10.3 Å². The van der Waals surface area contributed by atoms with Crippen LogP contribution in [0, 0.1) is 5.82 Å². The molecule has 1 heterocycles. The predicted octanol–water partition coefficient (Wildman–Crippen LogP) is 5.97. The maximum Gasteiger partial charge on any atom is 0.228 e. The SMILES string of the molecule is CC1=C(CC(=O)Nc2cccnc2Cl)c2cc(F)ccc2/C1=C/c1ccc([S@](C)=O)cc1. The van der Waals surface area contributed by atoms with Crippen LogP contribution in [-0.4, -0.2) is 21.4 Å². The van der Waals surface area contributed by atoms with E-state index in [-0.39, 0.29) is 23.3 Å². The lowest BCUT2D eigenvalue weighted by Crippen LogP contribution is -2.12. The van der Waals surface area contributed by atoms with Gasteiger partial charge in [-0.05, 0) is 82.8 Å². The molecule has 0 saturated carbocycles. The van der Waals surface area contributed by atoms with Crippen LogP contribution in [0.5, 0.6) is 0 Å². The standard InChI is InChI=1S/C25H20ClFN2O2S/c1-15-20(12-16-5-8-18(9-6-16)32(2)31)19-10-7-17(27)13-22(19)21(15)14-24(30)29-23-4-3-11-28-25(23)26/h3-13H,14H2,1-2H3,(H,29,30)/b20-12+/t32-/m0/s1. The number of allylic oxidation sites excluding steroid dienone is 2. The normalized spacial score (nSPS) is 15.1. The number of hydrogen-bond donors (Lipinski definition) is 1. The molecular formula is C25H20ClFN2O2S. The summed E-state index contributed by atoms with van der Waals surface area (Å²) in [4.78, 5) is 17.5. The van der Waals surface area contributed by atoms with E-state index in [1.807, 2.05) is 37.3 Å². The molecule has 162 valence electrons. The summed E-state index contributed by atoms with van der Waals surface area (Å²) in [6.45, 7) is 1.93. The van der Waals surface area contributed by atoms with Crippen LogP contribution in [-0.2, 0) is 15.6 Å². The number of hydrogen-bond acceptors (Lipinski definition) is 3. The molecule has 1 atom stereocenters. The van der Waals surface area contributed by atoms with Gasteiger partial charge >= 0.3 is 0 Å². The zero-order chi connectivity index (χ0) is 22.8. The Morgan fingerprint density at radius 1 is 1.16 bits per heavy atom. The molecule has 1 N–H and O–H groups in total. The Hall–Kier alpha value is -3.09. The number of amides is 1. The Morgan fingerprint density at radius 2 is 1.91 bits per heavy atom. The van der Waals surface area contributed by atoms with Crippen LogP contribution in [0.2, 0.25) is 5.15 Å². The van der Waals surface area contributed by atoms with Gasteiger partial charge in [-0.25, -0.2) is 9.37 Å². The Morgan fingerprint density at radius 3 is 2.59 bits per heavy atom. The molecule has 2 aromatic carbocycles. The minimum Gasteiger partial charge on any atom is -0.323 e. The zero-order valence-corrected chi connectivity index (χ0v) is 19.1. The molecule has 0 aliphatic heterocycles. The lowest BCUT2D eigenvalue weighted by atomic mass is 10.0. The van der Waals surface area contributed by atoms with Crippen molar-refractivity contribution in [3.8, 4) is 0 Å². The third kappa shape index (κ3) is 4.56. The van der Waals surface area contributed by atoms with Crippen molar-refractivity contribution in [2.45, 2.75) is 18.2 Å². The Labute approximate surface area is 193 Å². The van der Waals surface area contributed by atoms with Crippen molar-refractivity contribution in [2.24, 2.45) is 0 Å². The Kier molecular flexibility index (Phi) is 6.35. The summed E-state index contributed by atoms with van der Waals surface area (Å²) in [5.74, 6) is -0.624. The summed E-state index contributed by atoms with van der Waals surface area (Å²) < 4.78 is 25.7. The third-order valence-corrected chi connectivity index (χ3v) is 6.58. The van der Waals surface area contributed by atoms with Crippen molar-refractivity contribution in [2.75, 3.05) is 11.6 Å². The number of fused-ring (bicyclic) bond motifs is 1. The number of nitrogens with zero attached hydrogens (tertiary/aromatic N) is 1. The summed E-state index contributed by atoms with van der Waals surface area (Å²) in [6.07, 6.45) is 5.25. The van der Waals surface area contributed by atoms with Gasteiger partial charge in [0.25, 0.3) is 0 Å². The number of aromatic nitrogens is 1. The van der Waals surface area contributed by atoms with E-state index in [9.17, 15) is 13.4 Å². The van der Waals surface area contributed by atoms with Gasteiger partial charge in [0, 0.05) is 28.1 Å². The maximum absolute atomic E-state index is 14.1. The molecule has 0 radical (unpaired) electrons. The molecule has 32 heavy (non-hydrogen) atoms. The monoisotopic (exact) mass is 466 g/mol. The van der Waals surface area contributed by atoms with Gasteiger partial charge in [-0.3, -0.25) is 9.00 Å². The molecule has 0 unspecified atom stereocenters. The van der Waals surface area contributed by atoms with Gasteiger partial charge < -0.3 is 5.32 Å². The van der Waals surface area contributed by atoms with Crippen LogP contribution in [0.3, 0.4) is 0 Å². The second-order valence-corrected chi connectivity index (χ2v) is 9.18. The van der Waals surface area contributed by atoms with E-state index >= 15 is 0 Å². The summed E-state index contributed by atoms with van der Waals surface area (Å²) in [6, 6.07) is 15.4. The summed E-state index contributed by atoms with van der Waals surface area (Å²) in [5.41, 5.74) is 5.51. The number of benzene rings is 2. The molecule has 1 amide bonds. The molecule has 0 fully saturated rings. The Balaban J connectivity index is 1.69. The van der Waals surface area contributed by atoms with Crippen molar-refractivity contribution in [3.05, 3.63) is 94.0 Å². The number of halogens is 2. The predicted molar refractivity (Wildman–Crippen MR) is 128 cm³/mol. The quantitative estimate of drug-likeness (QED) is 0.471. The van der Waals surface area contributed by atoms with E-state index in [0.717, 1.165) is 32.7 Å². The molecule has 0 saturated heterocycles. The van der Waals surface area contributed by atoms with Crippen molar-refractivity contribution < 1.29 is 13.4 Å². The summed E-state index contributed by atoms with van der Waals surface area (Å²) in [7, 11) is -1.05. The molecular weight excluding hydrogens is 447 g/mol. The first-order valence-corrected chi connectivity index (χ1v) is 11.8. The van der Waals surface area contributed by atoms with Crippen LogP contribution in [0.4, 0.5) is 10.1 Å². The minimum absolute atomic E-state index is 0.0681. The highest BCUT2D eigenvalue weighted by molar-refractivity contribution is 7.84. The third-order valence-electron chi connectivity index (χ3n) is 5.35. The number of anilines is 1. The number of rotatable bonds is 5. The number of pyridine rings is 1. The van der Waals surface area contributed by atoms with E-state index in [1.54, 1.807) is 30.7 Å². The first-order chi connectivity index (χ1) is 15.3. The number of nitrogens with one attached hydrogen (secondary N) is 1. The average Bonchev–Trinajstić information content (AvgIpc) is 3.01. The molecule has 1 aliphatic rings. The lowest BCUT2D eigenvalue weighted by molar-refractivity contribution is -0.115. The largest absolute Gasteiger partial charge is 0.323 e. The van der Waals surface area contributed by atoms with Crippen LogP contribution in [0.25, 0.3) is 17.2 Å². The summed E-state index contributed by atoms with van der Waals surface area (Å²) >= 11 is 6.04. The smallest absolute Gasteiger partial charge is 0.228 e. The van der Waals surface area contributed by atoms with E-state index in [0.29, 0.717) is 11.3 Å². The molecule has 3 aromatic rings. The molecule has 0 spiro atoms. The van der Waals surface area contributed by atoms with Crippen LogP contribution in [0.1, 0.15) is 30.0 Å². The van der Waals surface area contributed by atoms with Gasteiger partial charge in [0.15, 0.2) is 5.15 Å². The van der Waals surface area contributed by atoms with Gasteiger partial charge in [0.2, 0.25) is 5.91 Å². The highest BCUT2D eigenvalue weighted by atomic mass is 35.5. The van der Waals surface area contributed by atoms with Crippen molar-refractivity contribution >= 4 is 51.2 Å². The van der Waals surface area contributed by atoms with E-state index in [1.165, 1.54) is 12.1 Å². The minimum atomic E-state index is -1.05. The fourth-order valence-corrected chi connectivity index (χ4v) is 4.42. The molecule has 4 nitrogen and oxygen atoms in total. The van der Waals surface area contributed by atoms with E-state index < -0.39 is 10.8 Å². The highest BCUT2D eigenvalue weighted by Gasteiger charge is 2.26. The fraction of sp³-hybridized carbons (Fsp3) is 0.120. The van der Waals surface area contributed by atoms with Crippen molar-refractivity contribution in [3.63, 3.8) is 0 Å². The van der Waals surface area contributed by atoms with Crippen LogP contribution >= 0.6 is 11.6 Å². The van der Waals surface area contributed by atoms with Crippen molar-refractivity contribution in [1.29, 1.82) is 0 Å². The topological polar surface area (TPSA) is 59.1 Å². The van der Waals surface area contributed by atoms with E-state index in [4.69, 9.17) is 11.6 Å². The van der Waals surface area contributed by atoms with Gasteiger partial charge in [-0.15, -0.1) is 0 Å². The summed E-state index contributed by atoms with van der Waals surface area (Å²) in [5, 5.41) is 2.98. The Bertz CT molecular complexity index is 1300. The molecule has 0 bridgehead atoms. The van der Waals surface area contributed by atoms with Gasteiger partial charge in [-0.2, -0.15) is 0 Å². The first kappa shape index (κ1) is 22.1. The second-order valence-electron chi connectivity index (χ2n) is 7.44. The first-order valence-electron chi connectivity index (χ1n) is 9.89. The van der Waals surface area contributed by atoms with Gasteiger partial charge in [0.1, 0.15) is 5.82 Å². The fourth-order valence-electron chi connectivity index (χ4n) is 3.74. The zero-order valence-electron chi connectivity index (χ0n) is 17.5. The molecule has 4 rings (SSSR count).